The molecular formula is C15H16F3N5O. The molecule has 9 heteroatoms. The lowest BCUT2D eigenvalue weighted by Crippen LogP contribution is -2.34. The monoisotopic (exact) mass is 339 g/mol. The Morgan fingerprint density at radius 2 is 1.67 bits per heavy atom. The van der Waals surface area contributed by atoms with Gasteiger partial charge in [0.15, 0.2) is 11.6 Å². The fourth-order valence-corrected chi connectivity index (χ4v) is 1.86. The lowest BCUT2D eigenvalue weighted by atomic mass is 10.1. The summed E-state index contributed by atoms with van der Waals surface area (Å²) in [4.78, 5) is 11.5. The number of anilines is 3. The Hall–Kier alpha value is -2.84. The molecule has 6 nitrogen and oxygen atoms in total. The highest BCUT2D eigenvalue weighted by molar-refractivity contribution is 5.88. The first kappa shape index (κ1) is 17.5. The first-order valence-electron chi connectivity index (χ1n) is 7.10. The van der Waals surface area contributed by atoms with Crippen molar-refractivity contribution in [2.24, 2.45) is 0 Å². The van der Waals surface area contributed by atoms with Crippen LogP contribution in [0.25, 0.3) is 0 Å². The summed E-state index contributed by atoms with van der Waals surface area (Å²) in [6.45, 7) is 3.60. The van der Waals surface area contributed by atoms with Crippen LogP contribution in [-0.2, 0) is 6.18 Å². The van der Waals surface area contributed by atoms with Crippen molar-refractivity contribution in [2.45, 2.75) is 26.1 Å². The van der Waals surface area contributed by atoms with Gasteiger partial charge in [-0.3, -0.25) is 5.32 Å². The minimum atomic E-state index is -4.48. The fourth-order valence-electron chi connectivity index (χ4n) is 1.86. The number of para-hydroxylation sites is 1. The zero-order valence-electron chi connectivity index (χ0n) is 13.0. The minimum Gasteiger partial charge on any atom is -0.338 e. The van der Waals surface area contributed by atoms with Crippen molar-refractivity contribution in [1.29, 1.82) is 0 Å². The van der Waals surface area contributed by atoms with Crippen LogP contribution in [0.2, 0.25) is 0 Å². The molecule has 0 aliphatic rings. The molecule has 1 aromatic heterocycles. The van der Waals surface area contributed by atoms with Gasteiger partial charge in [0.2, 0.25) is 0 Å². The van der Waals surface area contributed by atoms with Crippen molar-refractivity contribution in [3.05, 3.63) is 42.0 Å². The van der Waals surface area contributed by atoms with E-state index in [2.05, 4.69) is 26.1 Å². The molecule has 0 aliphatic heterocycles. The third kappa shape index (κ3) is 4.83. The smallest absolute Gasteiger partial charge is 0.338 e. The summed E-state index contributed by atoms with van der Waals surface area (Å²) in [5.41, 5.74) is -0.928. The highest BCUT2D eigenvalue weighted by Gasteiger charge is 2.33. The van der Waals surface area contributed by atoms with E-state index in [-0.39, 0.29) is 23.4 Å². The van der Waals surface area contributed by atoms with Gasteiger partial charge < -0.3 is 10.6 Å². The van der Waals surface area contributed by atoms with Crippen molar-refractivity contribution in [3.63, 3.8) is 0 Å². The Morgan fingerprint density at radius 1 is 1.04 bits per heavy atom. The van der Waals surface area contributed by atoms with Crippen molar-refractivity contribution in [1.82, 2.24) is 15.5 Å². The number of benzene rings is 1. The molecule has 0 saturated heterocycles. The molecule has 2 aromatic rings. The Labute approximate surface area is 136 Å². The molecule has 24 heavy (non-hydrogen) atoms. The number of nitrogens with zero attached hydrogens (tertiary/aromatic N) is 2. The molecule has 2 amide bonds. The zero-order valence-corrected chi connectivity index (χ0v) is 13.0. The van der Waals surface area contributed by atoms with E-state index in [9.17, 15) is 18.0 Å². The lowest BCUT2D eigenvalue weighted by molar-refractivity contribution is -0.136. The number of urea groups is 1. The molecular weight excluding hydrogens is 323 g/mol. The van der Waals surface area contributed by atoms with Crippen LogP contribution in [-0.4, -0.2) is 22.3 Å². The Balaban J connectivity index is 2.09. The number of carbonyl (C=O) groups is 1. The van der Waals surface area contributed by atoms with Crippen LogP contribution in [0, 0.1) is 0 Å². The maximum absolute atomic E-state index is 12.9. The molecule has 1 aromatic carbocycles. The number of hydrogen-bond donors (Lipinski definition) is 3. The van der Waals surface area contributed by atoms with Crippen molar-refractivity contribution >= 4 is 23.4 Å². The molecule has 2 rings (SSSR count). The van der Waals surface area contributed by atoms with E-state index in [4.69, 9.17) is 0 Å². The SMILES string of the molecule is CC(C)NC(=O)Nc1ccc(Nc2ccccc2C(F)(F)F)nn1. The van der Waals surface area contributed by atoms with Gasteiger partial charge in [-0.25, -0.2) is 4.79 Å². The topological polar surface area (TPSA) is 78.9 Å². The van der Waals surface area contributed by atoms with Crippen LogP contribution in [0.5, 0.6) is 0 Å². The first-order chi connectivity index (χ1) is 11.3. The predicted molar refractivity (Wildman–Crippen MR) is 84.0 cm³/mol. The molecule has 0 bridgehead atoms. The summed E-state index contributed by atoms with van der Waals surface area (Å²) in [7, 11) is 0. The highest BCUT2D eigenvalue weighted by Crippen LogP contribution is 2.35. The van der Waals surface area contributed by atoms with Crippen LogP contribution in [0.1, 0.15) is 19.4 Å². The van der Waals surface area contributed by atoms with Crippen molar-refractivity contribution in [3.8, 4) is 0 Å². The van der Waals surface area contributed by atoms with Gasteiger partial charge in [-0.05, 0) is 38.1 Å². The van der Waals surface area contributed by atoms with Gasteiger partial charge in [0.25, 0.3) is 0 Å². The van der Waals surface area contributed by atoms with E-state index in [0.717, 1.165) is 6.07 Å². The highest BCUT2D eigenvalue weighted by atomic mass is 19.4. The molecule has 0 aliphatic carbocycles. The van der Waals surface area contributed by atoms with E-state index in [1.165, 1.54) is 30.3 Å². The molecule has 0 unspecified atom stereocenters. The van der Waals surface area contributed by atoms with Crippen LogP contribution in [0.15, 0.2) is 36.4 Å². The standard InChI is InChI=1S/C15H16F3N5O/c1-9(2)19-14(24)21-13-8-7-12(22-23-13)20-11-6-4-3-5-10(11)15(16,17)18/h3-9H,1-2H3,(H,20,22)(H2,19,21,23,24). The lowest BCUT2D eigenvalue weighted by Gasteiger charge is -2.14. The third-order valence-corrected chi connectivity index (χ3v) is 2.82. The fraction of sp³-hybridized carbons (Fsp3) is 0.267. The Kier molecular flexibility index (Phi) is 5.22. The number of aromatic nitrogens is 2. The average molecular weight is 339 g/mol. The molecule has 0 fully saturated rings. The number of rotatable bonds is 4. The molecule has 0 saturated carbocycles. The van der Waals surface area contributed by atoms with Gasteiger partial charge in [0.1, 0.15) is 0 Å². The van der Waals surface area contributed by atoms with E-state index in [0.29, 0.717) is 0 Å². The van der Waals surface area contributed by atoms with Gasteiger partial charge in [0, 0.05) is 6.04 Å². The van der Waals surface area contributed by atoms with Crippen molar-refractivity contribution in [2.75, 3.05) is 10.6 Å². The van der Waals surface area contributed by atoms with E-state index < -0.39 is 17.8 Å². The Morgan fingerprint density at radius 3 is 2.25 bits per heavy atom. The van der Waals surface area contributed by atoms with Crippen molar-refractivity contribution < 1.29 is 18.0 Å². The van der Waals surface area contributed by atoms with E-state index in [1.54, 1.807) is 13.8 Å². The summed E-state index contributed by atoms with van der Waals surface area (Å²) in [6, 6.07) is 7.43. The Bertz CT molecular complexity index is 701. The largest absolute Gasteiger partial charge is 0.418 e. The normalized spacial score (nSPS) is 11.2. The van der Waals surface area contributed by atoms with Gasteiger partial charge in [-0.2, -0.15) is 13.2 Å². The number of amides is 2. The molecule has 0 spiro atoms. The number of hydrogen-bond acceptors (Lipinski definition) is 4. The van der Waals surface area contributed by atoms with Gasteiger partial charge in [-0.1, -0.05) is 12.1 Å². The number of alkyl halides is 3. The van der Waals surface area contributed by atoms with Gasteiger partial charge in [0.05, 0.1) is 11.3 Å². The van der Waals surface area contributed by atoms with Crippen LogP contribution < -0.4 is 16.0 Å². The van der Waals surface area contributed by atoms with Crippen LogP contribution in [0.3, 0.4) is 0 Å². The van der Waals surface area contributed by atoms with Gasteiger partial charge >= 0.3 is 12.2 Å². The summed E-state index contributed by atoms with van der Waals surface area (Å²) < 4.78 is 38.8. The van der Waals surface area contributed by atoms with Crippen LogP contribution >= 0.6 is 0 Å². The molecule has 1 heterocycles. The maximum Gasteiger partial charge on any atom is 0.418 e. The van der Waals surface area contributed by atoms with E-state index >= 15 is 0 Å². The molecule has 0 radical (unpaired) electrons. The zero-order chi connectivity index (χ0) is 17.7. The molecule has 128 valence electrons. The summed E-state index contributed by atoms with van der Waals surface area (Å²) in [5.74, 6) is 0.310. The van der Waals surface area contributed by atoms with E-state index in [1.807, 2.05) is 0 Å². The molecule has 0 atom stereocenters. The first-order valence-corrected chi connectivity index (χ1v) is 7.10. The van der Waals surface area contributed by atoms with Gasteiger partial charge in [-0.15, -0.1) is 10.2 Å². The quantitative estimate of drug-likeness (QED) is 0.792. The minimum absolute atomic E-state index is 0.0437. The summed E-state index contributed by atoms with van der Waals surface area (Å²) >= 11 is 0. The second-order valence-electron chi connectivity index (χ2n) is 5.23. The summed E-state index contributed by atoms with van der Waals surface area (Å²) in [6.07, 6.45) is -4.48. The number of halogens is 3. The second kappa shape index (κ2) is 7.16. The number of nitrogens with one attached hydrogen (secondary N) is 3. The third-order valence-electron chi connectivity index (χ3n) is 2.82. The van der Waals surface area contributed by atoms with Crippen LogP contribution in [0.4, 0.5) is 35.3 Å². The summed E-state index contributed by atoms with van der Waals surface area (Å²) in [5, 5.41) is 15.2. The maximum atomic E-state index is 12.9. The predicted octanol–water partition coefficient (Wildman–Crippen LogP) is 3.77. The number of carbonyl (C=O) groups excluding carboxylic acids is 1. The molecule has 3 N–H and O–H groups in total. The second-order valence-corrected chi connectivity index (χ2v) is 5.23. The average Bonchev–Trinajstić information content (AvgIpc) is 2.48.